The number of nitrogens with one attached hydrogen (secondary N) is 1. The highest BCUT2D eigenvalue weighted by atomic mass is 16.6. The number of nitrogens with zero attached hydrogens (tertiary/aromatic N) is 3. The third-order valence-electron chi connectivity index (χ3n) is 6.74. The second-order valence-corrected chi connectivity index (χ2v) is 9.31. The van der Waals surface area contributed by atoms with Crippen molar-refractivity contribution in [1.82, 2.24) is 19.7 Å². The minimum atomic E-state index is -0.312. The predicted molar refractivity (Wildman–Crippen MR) is 128 cm³/mol. The number of H-pyrrole nitrogens is 1. The smallest absolute Gasteiger partial charge is 0.409 e. The standard InChI is InChI=1S/C25H36N4O4/c1-5-32-25(31)29-12-10-28(11-13-29)24(30)22-15-19-16-23(18(4)14-21(19)26-22)33-20-6-8-27(9-7-20)17(2)3/h14-17,20,26H,5-13H2,1-4H3. The van der Waals surface area contributed by atoms with Crippen molar-refractivity contribution in [2.24, 2.45) is 0 Å². The van der Waals surface area contributed by atoms with Crippen LogP contribution in [-0.2, 0) is 4.74 Å². The summed E-state index contributed by atoms with van der Waals surface area (Å²) in [5.74, 6) is 0.849. The number of carbonyl (C=O) groups is 2. The lowest BCUT2D eigenvalue weighted by molar-refractivity contribution is 0.0566. The molecule has 0 spiro atoms. The van der Waals surface area contributed by atoms with Crippen LogP contribution in [0.5, 0.6) is 5.75 Å². The van der Waals surface area contributed by atoms with E-state index in [1.165, 1.54) is 0 Å². The molecule has 0 radical (unpaired) electrons. The molecule has 8 nitrogen and oxygen atoms in total. The maximum atomic E-state index is 13.1. The molecular formula is C25H36N4O4. The number of amides is 2. The summed E-state index contributed by atoms with van der Waals surface area (Å²) in [4.78, 5) is 34.2. The van der Waals surface area contributed by atoms with Crippen LogP contribution in [0.1, 0.15) is 49.7 Å². The normalized spacial score (nSPS) is 18.2. The Morgan fingerprint density at radius 3 is 2.33 bits per heavy atom. The third-order valence-corrected chi connectivity index (χ3v) is 6.74. The summed E-state index contributed by atoms with van der Waals surface area (Å²) in [6.45, 7) is 12.8. The monoisotopic (exact) mass is 456 g/mol. The van der Waals surface area contributed by atoms with Gasteiger partial charge in [0.05, 0.1) is 6.61 Å². The summed E-state index contributed by atoms with van der Waals surface area (Å²) in [5.41, 5.74) is 2.57. The number of aromatic nitrogens is 1. The number of carbonyl (C=O) groups excluding carboxylic acids is 2. The average Bonchev–Trinajstić information content (AvgIpc) is 3.22. The van der Waals surface area contributed by atoms with Crippen LogP contribution in [0.2, 0.25) is 0 Å². The maximum Gasteiger partial charge on any atom is 0.409 e. The van der Waals surface area contributed by atoms with E-state index in [0.717, 1.165) is 48.1 Å². The SMILES string of the molecule is CCOC(=O)N1CCN(C(=O)c2cc3cc(OC4CCN(C(C)C)CC4)c(C)cc3[nH]2)CC1. The van der Waals surface area contributed by atoms with Gasteiger partial charge in [0, 0.05) is 56.2 Å². The van der Waals surface area contributed by atoms with Gasteiger partial charge in [0.25, 0.3) is 5.91 Å². The van der Waals surface area contributed by atoms with E-state index in [1.807, 2.05) is 12.1 Å². The number of hydrogen-bond acceptors (Lipinski definition) is 5. The minimum Gasteiger partial charge on any atom is -0.490 e. The van der Waals surface area contributed by atoms with E-state index in [4.69, 9.17) is 9.47 Å². The fraction of sp³-hybridized carbons (Fsp3) is 0.600. The first-order chi connectivity index (χ1) is 15.9. The van der Waals surface area contributed by atoms with E-state index in [9.17, 15) is 9.59 Å². The van der Waals surface area contributed by atoms with Crippen LogP contribution in [0, 0.1) is 6.92 Å². The van der Waals surface area contributed by atoms with Gasteiger partial charge in [0.1, 0.15) is 17.5 Å². The van der Waals surface area contributed by atoms with Crippen molar-refractivity contribution < 1.29 is 19.1 Å². The Bertz CT molecular complexity index is 986. The molecule has 1 aromatic heterocycles. The van der Waals surface area contributed by atoms with E-state index >= 15 is 0 Å². The van der Waals surface area contributed by atoms with E-state index < -0.39 is 0 Å². The van der Waals surface area contributed by atoms with Crippen molar-refractivity contribution in [1.29, 1.82) is 0 Å². The highest BCUT2D eigenvalue weighted by Crippen LogP contribution is 2.29. The van der Waals surface area contributed by atoms with E-state index in [1.54, 1.807) is 16.7 Å². The van der Waals surface area contributed by atoms with Crippen LogP contribution in [-0.4, -0.2) is 89.7 Å². The van der Waals surface area contributed by atoms with Gasteiger partial charge in [-0.15, -0.1) is 0 Å². The molecule has 2 aliphatic rings. The second kappa shape index (κ2) is 10.0. The molecule has 4 rings (SSSR count). The Morgan fingerprint density at radius 1 is 1.03 bits per heavy atom. The molecule has 180 valence electrons. The number of aromatic amines is 1. The molecule has 2 saturated heterocycles. The molecule has 2 aromatic rings. The van der Waals surface area contributed by atoms with Gasteiger partial charge in [-0.1, -0.05) is 0 Å². The molecule has 0 saturated carbocycles. The van der Waals surface area contributed by atoms with E-state index in [2.05, 4.69) is 36.7 Å². The van der Waals surface area contributed by atoms with E-state index in [0.29, 0.717) is 44.5 Å². The molecule has 3 heterocycles. The highest BCUT2D eigenvalue weighted by molar-refractivity contribution is 5.98. The molecule has 33 heavy (non-hydrogen) atoms. The van der Waals surface area contributed by atoms with Gasteiger partial charge in [0.2, 0.25) is 0 Å². The largest absolute Gasteiger partial charge is 0.490 e. The maximum absolute atomic E-state index is 13.1. The van der Waals surface area contributed by atoms with Gasteiger partial charge < -0.3 is 29.2 Å². The van der Waals surface area contributed by atoms with E-state index in [-0.39, 0.29) is 18.1 Å². The molecule has 0 aliphatic carbocycles. The molecule has 2 amide bonds. The number of benzene rings is 1. The van der Waals surface area contributed by atoms with Crippen molar-refractivity contribution in [2.75, 3.05) is 45.9 Å². The fourth-order valence-electron chi connectivity index (χ4n) is 4.68. The Labute approximate surface area is 195 Å². The van der Waals surface area contributed by atoms with Crippen LogP contribution >= 0.6 is 0 Å². The number of ether oxygens (including phenoxy) is 2. The van der Waals surface area contributed by atoms with Crippen molar-refractivity contribution in [2.45, 2.75) is 52.7 Å². The molecule has 1 aromatic carbocycles. The second-order valence-electron chi connectivity index (χ2n) is 9.31. The van der Waals surface area contributed by atoms with Crippen LogP contribution < -0.4 is 4.74 Å². The van der Waals surface area contributed by atoms with Crippen LogP contribution in [0.4, 0.5) is 4.79 Å². The number of hydrogen-bond donors (Lipinski definition) is 1. The van der Waals surface area contributed by atoms with Gasteiger partial charge in [-0.05, 0) is 64.3 Å². The van der Waals surface area contributed by atoms with Crippen molar-refractivity contribution in [3.63, 3.8) is 0 Å². The average molecular weight is 457 g/mol. The van der Waals surface area contributed by atoms with Gasteiger partial charge >= 0.3 is 6.09 Å². The Hall–Kier alpha value is -2.74. The molecule has 8 heteroatoms. The number of likely N-dealkylation sites (tertiary alicyclic amines) is 1. The summed E-state index contributed by atoms with van der Waals surface area (Å²) in [6.07, 6.45) is 1.98. The highest BCUT2D eigenvalue weighted by Gasteiger charge is 2.27. The summed E-state index contributed by atoms with van der Waals surface area (Å²) < 4.78 is 11.4. The summed E-state index contributed by atoms with van der Waals surface area (Å²) in [7, 11) is 0. The Morgan fingerprint density at radius 2 is 1.70 bits per heavy atom. The quantitative estimate of drug-likeness (QED) is 0.743. The first-order valence-electron chi connectivity index (χ1n) is 12.1. The van der Waals surface area contributed by atoms with Gasteiger partial charge in [-0.25, -0.2) is 4.79 Å². The Kier molecular flexibility index (Phi) is 7.12. The first kappa shape index (κ1) is 23.4. The predicted octanol–water partition coefficient (Wildman–Crippen LogP) is 3.64. The zero-order chi connectivity index (χ0) is 23.5. The Balaban J connectivity index is 1.40. The third kappa shape index (κ3) is 5.27. The number of piperazine rings is 1. The number of rotatable bonds is 5. The summed E-state index contributed by atoms with van der Waals surface area (Å²) >= 11 is 0. The minimum absolute atomic E-state index is 0.0455. The fourth-order valence-corrected chi connectivity index (χ4v) is 4.68. The lowest BCUT2D eigenvalue weighted by Gasteiger charge is -2.34. The zero-order valence-electron chi connectivity index (χ0n) is 20.2. The van der Waals surface area contributed by atoms with Crippen molar-refractivity contribution >= 4 is 22.9 Å². The molecule has 2 fully saturated rings. The van der Waals surface area contributed by atoms with Gasteiger partial charge in [0.15, 0.2) is 0 Å². The number of aryl methyl sites for hydroxylation is 1. The number of fused-ring (bicyclic) bond motifs is 1. The van der Waals surface area contributed by atoms with Crippen molar-refractivity contribution in [3.8, 4) is 5.75 Å². The molecule has 1 N–H and O–H groups in total. The molecule has 0 atom stereocenters. The van der Waals surface area contributed by atoms with Crippen molar-refractivity contribution in [3.05, 3.63) is 29.5 Å². The lowest BCUT2D eigenvalue weighted by Crippen LogP contribution is -2.50. The molecule has 2 aliphatic heterocycles. The molecular weight excluding hydrogens is 420 g/mol. The van der Waals surface area contributed by atoms with Gasteiger partial charge in [-0.2, -0.15) is 0 Å². The van der Waals surface area contributed by atoms with Gasteiger partial charge in [-0.3, -0.25) is 4.79 Å². The number of piperidine rings is 1. The van der Waals surface area contributed by atoms with Crippen LogP contribution in [0.15, 0.2) is 18.2 Å². The summed E-state index contributed by atoms with van der Waals surface area (Å²) in [6, 6.07) is 6.59. The topological polar surface area (TPSA) is 78.1 Å². The lowest BCUT2D eigenvalue weighted by atomic mass is 10.1. The van der Waals surface area contributed by atoms with Crippen LogP contribution in [0.25, 0.3) is 10.9 Å². The van der Waals surface area contributed by atoms with Crippen LogP contribution in [0.3, 0.4) is 0 Å². The molecule has 0 unspecified atom stereocenters. The summed E-state index contributed by atoms with van der Waals surface area (Å²) in [5, 5.41) is 0.976. The zero-order valence-corrected chi connectivity index (χ0v) is 20.2. The molecule has 0 bridgehead atoms. The first-order valence-corrected chi connectivity index (χ1v) is 12.1.